The minimum absolute atomic E-state index is 0.0754. The predicted octanol–water partition coefficient (Wildman–Crippen LogP) is 4.75. The van der Waals surface area contributed by atoms with Crippen molar-refractivity contribution in [2.45, 2.75) is 40.2 Å². The van der Waals surface area contributed by atoms with Crippen LogP contribution in [-0.2, 0) is 13.0 Å². The number of aryl methyl sites for hydroxylation is 2. The Bertz CT molecular complexity index is 880. The summed E-state index contributed by atoms with van der Waals surface area (Å²) in [4.78, 5) is 17.1. The maximum atomic E-state index is 12.7. The molecule has 0 saturated carbocycles. The van der Waals surface area contributed by atoms with Crippen LogP contribution in [0.2, 0.25) is 0 Å². The average molecular weight is 347 g/mol. The second-order valence-corrected chi connectivity index (χ2v) is 6.59. The molecule has 0 unspecified atom stereocenters. The van der Waals surface area contributed by atoms with Crippen LogP contribution >= 0.6 is 0 Å². The lowest BCUT2D eigenvalue weighted by molar-refractivity contribution is 0.102. The molecule has 0 spiro atoms. The van der Waals surface area contributed by atoms with Crippen LogP contribution in [0, 0.1) is 13.8 Å². The second kappa shape index (κ2) is 8.00. The molecular weight excluding hydrogens is 322 g/mol. The number of hydrogen-bond donors (Lipinski definition) is 1. The van der Waals surface area contributed by atoms with Crippen molar-refractivity contribution >= 4 is 11.6 Å². The third-order valence-electron chi connectivity index (χ3n) is 4.62. The van der Waals surface area contributed by atoms with Crippen LogP contribution < -0.4 is 5.32 Å². The van der Waals surface area contributed by atoms with Gasteiger partial charge in [-0.1, -0.05) is 31.5 Å². The lowest BCUT2D eigenvalue weighted by atomic mass is 10.1. The smallest absolute Gasteiger partial charge is 0.257 e. The van der Waals surface area contributed by atoms with E-state index in [2.05, 4.69) is 33.9 Å². The quantitative estimate of drug-likeness (QED) is 0.699. The van der Waals surface area contributed by atoms with E-state index in [1.54, 1.807) is 6.20 Å². The Kier molecular flexibility index (Phi) is 5.52. The Labute approximate surface area is 154 Å². The van der Waals surface area contributed by atoms with Crippen LogP contribution in [0.25, 0.3) is 0 Å². The highest BCUT2D eigenvalue weighted by molar-refractivity contribution is 6.05. The molecule has 0 saturated heterocycles. The van der Waals surface area contributed by atoms with Gasteiger partial charge in [0.15, 0.2) is 0 Å². The first kappa shape index (κ1) is 17.9. The Morgan fingerprint density at radius 3 is 2.54 bits per heavy atom. The monoisotopic (exact) mass is 347 g/mol. The molecule has 0 aliphatic rings. The van der Waals surface area contributed by atoms with Crippen molar-refractivity contribution < 1.29 is 4.79 Å². The van der Waals surface area contributed by atoms with Gasteiger partial charge in [0.1, 0.15) is 0 Å². The number of rotatable bonds is 6. The van der Waals surface area contributed by atoms with Gasteiger partial charge in [-0.15, -0.1) is 0 Å². The molecule has 4 nitrogen and oxygen atoms in total. The molecule has 0 radical (unpaired) electrons. The highest BCUT2D eigenvalue weighted by Crippen LogP contribution is 2.19. The number of pyridine rings is 1. The molecular formula is C22H25N3O. The minimum atomic E-state index is -0.0754. The van der Waals surface area contributed by atoms with Crippen molar-refractivity contribution in [2.75, 3.05) is 5.32 Å². The van der Waals surface area contributed by atoms with Crippen LogP contribution in [0.3, 0.4) is 0 Å². The van der Waals surface area contributed by atoms with Gasteiger partial charge in [0.2, 0.25) is 0 Å². The zero-order valence-corrected chi connectivity index (χ0v) is 15.6. The molecule has 2 heterocycles. The maximum absolute atomic E-state index is 12.7. The van der Waals surface area contributed by atoms with E-state index in [0.29, 0.717) is 12.1 Å². The first-order chi connectivity index (χ1) is 12.6. The number of nitrogens with one attached hydrogen (secondary N) is 1. The third kappa shape index (κ3) is 4.02. The van der Waals surface area contributed by atoms with Crippen LogP contribution in [0.1, 0.15) is 46.3 Å². The summed E-state index contributed by atoms with van der Waals surface area (Å²) in [7, 11) is 0. The first-order valence-electron chi connectivity index (χ1n) is 9.05. The van der Waals surface area contributed by atoms with E-state index in [0.717, 1.165) is 35.6 Å². The third-order valence-corrected chi connectivity index (χ3v) is 4.62. The van der Waals surface area contributed by atoms with Gasteiger partial charge in [0.05, 0.1) is 17.8 Å². The molecule has 3 aromatic rings. The summed E-state index contributed by atoms with van der Waals surface area (Å²) in [6.07, 6.45) is 3.97. The van der Waals surface area contributed by atoms with Crippen molar-refractivity contribution in [3.63, 3.8) is 0 Å². The standard InChI is InChI=1S/C22H25N3O/c1-4-7-18-9-11-19(12-10-18)24-22(26)21-14-16(2)25(17(21)3)15-20-8-5-6-13-23-20/h5-6,8-14H,4,7,15H2,1-3H3,(H,24,26). The number of hydrogen-bond acceptors (Lipinski definition) is 2. The second-order valence-electron chi connectivity index (χ2n) is 6.59. The van der Waals surface area contributed by atoms with Crippen LogP contribution in [0.5, 0.6) is 0 Å². The number of aromatic nitrogens is 2. The molecule has 0 aliphatic carbocycles. The van der Waals surface area contributed by atoms with E-state index in [4.69, 9.17) is 0 Å². The van der Waals surface area contributed by atoms with Gasteiger partial charge in [0.25, 0.3) is 5.91 Å². The van der Waals surface area contributed by atoms with Crippen LogP contribution in [0.4, 0.5) is 5.69 Å². The van der Waals surface area contributed by atoms with Gasteiger partial charge >= 0.3 is 0 Å². The Morgan fingerprint density at radius 1 is 1.12 bits per heavy atom. The Hall–Kier alpha value is -2.88. The molecule has 134 valence electrons. The average Bonchev–Trinajstić information content (AvgIpc) is 2.93. The van der Waals surface area contributed by atoms with Gasteiger partial charge in [0, 0.05) is 23.3 Å². The molecule has 1 aromatic carbocycles. The minimum Gasteiger partial charge on any atom is -0.342 e. The van der Waals surface area contributed by atoms with Gasteiger partial charge in [-0.3, -0.25) is 9.78 Å². The zero-order valence-electron chi connectivity index (χ0n) is 15.6. The van der Waals surface area contributed by atoms with Gasteiger partial charge in [-0.2, -0.15) is 0 Å². The van der Waals surface area contributed by atoms with Crippen molar-refractivity contribution in [3.05, 3.63) is 82.9 Å². The molecule has 0 aliphatic heterocycles. The lowest BCUT2D eigenvalue weighted by Gasteiger charge is -2.10. The number of nitrogens with zero attached hydrogens (tertiary/aromatic N) is 2. The number of carbonyl (C=O) groups excluding carboxylic acids is 1. The zero-order chi connectivity index (χ0) is 18.5. The molecule has 0 bridgehead atoms. The number of carbonyl (C=O) groups is 1. The van der Waals surface area contributed by atoms with Gasteiger partial charge in [-0.25, -0.2) is 0 Å². The fourth-order valence-electron chi connectivity index (χ4n) is 3.17. The van der Waals surface area contributed by atoms with Gasteiger partial charge in [-0.05, 0) is 56.2 Å². The SMILES string of the molecule is CCCc1ccc(NC(=O)c2cc(C)n(Cc3ccccn3)c2C)cc1. The largest absolute Gasteiger partial charge is 0.342 e. The molecule has 26 heavy (non-hydrogen) atoms. The predicted molar refractivity (Wildman–Crippen MR) is 106 cm³/mol. The normalized spacial score (nSPS) is 10.7. The van der Waals surface area contributed by atoms with E-state index in [1.165, 1.54) is 5.56 Å². The summed E-state index contributed by atoms with van der Waals surface area (Å²) in [5, 5.41) is 3.00. The maximum Gasteiger partial charge on any atom is 0.257 e. The molecule has 2 aromatic heterocycles. The molecule has 4 heteroatoms. The molecule has 0 fully saturated rings. The van der Waals surface area contributed by atoms with Gasteiger partial charge < -0.3 is 9.88 Å². The highest BCUT2D eigenvalue weighted by atomic mass is 16.1. The molecule has 0 atom stereocenters. The summed E-state index contributed by atoms with van der Waals surface area (Å²) < 4.78 is 2.13. The van der Waals surface area contributed by atoms with Crippen molar-refractivity contribution in [3.8, 4) is 0 Å². The first-order valence-corrected chi connectivity index (χ1v) is 9.05. The van der Waals surface area contributed by atoms with E-state index in [1.807, 2.05) is 50.2 Å². The topological polar surface area (TPSA) is 46.9 Å². The highest BCUT2D eigenvalue weighted by Gasteiger charge is 2.16. The molecule has 1 N–H and O–H groups in total. The summed E-state index contributed by atoms with van der Waals surface area (Å²) >= 11 is 0. The molecule has 3 rings (SSSR count). The number of amides is 1. The van der Waals surface area contributed by atoms with E-state index in [-0.39, 0.29) is 5.91 Å². The van der Waals surface area contributed by atoms with Crippen molar-refractivity contribution in [1.82, 2.24) is 9.55 Å². The van der Waals surface area contributed by atoms with Crippen molar-refractivity contribution in [2.24, 2.45) is 0 Å². The molecule has 1 amide bonds. The fourth-order valence-corrected chi connectivity index (χ4v) is 3.17. The Balaban J connectivity index is 1.76. The van der Waals surface area contributed by atoms with Crippen LogP contribution in [-0.4, -0.2) is 15.5 Å². The Morgan fingerprint density at radius 2 is 1.88 bits per heavy atom. The van der Waals surface area contributed by atoms with Crippen LogP contribution in [0.15, 0.2) is 54.7 Å². The lowest BCUT2D eigenvalue weighted by Crippen LogP contribution is -2.13. The summed E-state index contributed by atoms with van der Waals surface area (Å²) in [5.41, 5.74) is 5.80. The van der Waals surface area contributed by atoms with E-state index >= 15 is 0 Å². The summed E-state index contributed by atoms with van der Waals surface area (Å²) in [6, 6.07) is 15.9. The van der Waals surface area contributed by atoms with E-state index in [9.17, 15) is 4.79 Å². The summed E-state index contributed by atoms with van der Waals surface area (Å²) in [5.74, 6) is -0.0754. The van der Waals surface area contributed by atoms with E-state index < -0.39 is 0 Å². The fraction of sp³-hybridized carbons (Fsp3) is 0.273. The number of anilines is 1. The van der Waals surface area contributed by atoms with Crippen molar-refractivity contribution in [1.29, 1.82) is 0 Å². The number of benzene rings is 1. The summed E-state index contributed by atoms with van der Waals surface area (Å²) in [6.45, 7) is 6.83.